The third-order valence-corrected chi connectivity index (χ3v) is 5.37. The van der Waals surface area contributed by atoms with E-state index in [2.05, 4.69) is 46.1 Å². The molecule has 2 aromatic carbocycles. The lowest BCUT2D eigenvalue weighted by atomic mass is 10.1. The van der Waals surface area contributed by atoms with Crippen LogP contribution in [0, 0.1) is 19.8 Å². The molecule has 1 atom stereocenters. The smallest absolute Gasteiger partial charge is 0.251 e. The van der Waals surface area contributed by atoms with E-state index in [1.165, 1.54) is 5.56 Å². The van der Waals surface area contributed by atoms with Gasteiger partial charge in [0.05, 0.1) is 13.2 Å². The number of guanidine groups is 1. The van der Waals surface area contributed by atoms with Crippen LogP contribution in [0.25, 0.3) is 0 Å². The number of hydrogen-bond acceptors (Lipinski definition) is 4. The molecule has 1 saturated heterocycles. The van der Waals surface area contributed by atoms with Crippen LogP contribution in [0.3, 0.4) is 0 Å². The van der Waals surface area contributed by atoms with Gasteiger partial charge in [0.2, 0.25) is 0 Å². The second-order valence-electron chi connectivity index (χ2n) is 8.13. The highest BCUT2D eigenvalue weighted by Crippen LogP contribution is 2.22. The highest BCUT2D eigenvalue weighted by molar-refractivity contribution is 14.0. The van der Waals surface area contributed by atoms with E-state index in [0.29, 0.717) is 43.7 Å². The average Bonchev–Trinajstić information content (AvgIpc) is 3.31. The normalized spacial score (nSPS) is 15.5. The van der Waals surface area contributed by atoms with Crippen LogP contribution in [0.1, 0.15) is 33.5 Å². The molecule has 1 heterocycles. The van der Waals surface area contributed by atoms with Crippen molar-refractivity contribution in [3.05, 3.63) is 64.7 Å². The van der Waals surface area contributed by atoms with Gasteiger partial charge in [-0.1, -0.05) is 29.8 Å². The fourth-order valence-corrected chi connectivity index (χ4v) is 3.51. The van der Waals surface area contributed by atoms with Crippen LogP contribution >= 0.6 is 24.0 Å². The summed E-state index contributed by atoms with van der Waals surface area (Å²) in [7, 11) is 1.73. The first-order chi connectivity index (χ1) is 15.5. The molecular formula is C25H35IN4O3. The van der Waals surface area contributed by atoms with Gasteiger partial charge in [0.15, 0.2) is 5.96 Å². The van der Waals surface area contributed by atoms with Crippen LogP contribution in [-0.2, 0) is 11.3 Å². The number of benzene rings is 2. The lowest BCUT2D eigenvalue weighted by Gasteiger charge is -2.17. The van der Waals surface area contributed by atoms with Crippen LogP contribution in [0.15, 0.2) is 47.5 Å². The summed E-state index contributed by atoms with van der Waals surface area (Å²) in [5.74, 6) is 1.95. The van der Waals surface area contributed by atoms with E-state index in [0.717, 1.165) is 36.5 Å². The minimum atomic E-state index is -0.0763. The predicted molar refractivity (Wildman–Crippen MR) is 143 cm³/mol. The Kier molecular flexibility index (Phi) is 11.5. The SMILES string of the molecule is CN=C(NCCNC(=O)c1cccc(C)c1)NCc1ccc(C)cc1OCC1CCOC1.I. The van der Waals surface area contributed by atoms with Gasteiger partial charge in [0.1, 0.15) is 5.75 Å². The van der Waals surface area contributed by atoms with Crippen molar-refractivity contribution >= 4 is 35.8 Å². The molecule has 180 valence electrons. The molecule has 33 heavy (non-hydrogen) atoms. The number of carbonyl (C=O) groups is 1. The summed E-state index contributed by atoms with van der Waals surface area (Å²) in [6, 6.07) is 13.8. The van der Waals surface area contributed by atoms with Crippen molar-refractivity contribution in [2.24, 2.45) is 10.9 Å². The molecule has 0 spiro atoms. The van der Waals surface area contributed by atoms with Crippen molar-refractivity contribution in [2.75, 3.05) is 40.0 Å². The first-order valence-electron chi connectivity index (χ1n) is 11.1. The summed E-state index contributed by atoms with van der Waals surface area (Å²) in [4.78, 5) is 16.5. The summed E-state index contributed by atoms with van der Waals surface area (Å²) in [5, 5.41) is 9.48. The lowest BCUT2D eigenvalue weighted by molar-refractivity contribution is 0.0954. The number of aryl methyl sites for hydroxylation is 2. The first kappa shape index (κ1) is 26.9. The number of carbonyl (C=O) groups excluding carboxylic acids is 1. The highest BCUT2D eigenvalue weighted by Gasteiger charge is 2.17. The maximum Gasteiger partial charge on any atom is 0.251 e. The Morgan fingerprint density at radius 1 is 1.09 bits per heavy atom. The molecule has 7 nitrogen and oxygen atoms in total. The molecule has 0 aliphatic carbocycles. The van der Waals surface area contributed by atoms with E-state index in [9.17, 15) is 4.79 Å². The third kappa shape index (κ3) is 8.85. The first-order valence-corrected chi connectivity index (χ1v) is 11.1. The molecule has 1 aliphatic rings. The van der Waals surface area contributed by atoms with E-state index >= 15 is 0 Å². The summed E-state index contributed by atoms with van der Waals surface area (Å²) >= 11 is 0. The molecule has 0 bridgehead atoms. The van der Waals surface area contributed by atoms with Crippen LogP contribution < -0.4 is 20.7 Å². The summed E-state index contributed by atoms with van der Waals surface area (Å²) < 4.78 is 11.6. The molecule has 1 fully saturated rings. The number of halogens is 1. The van der Waals surface area contributed by atoms with E-state index in [-0.39, 0.29) is 29.9 Å². The van der Waals surface area contributed by atoms with Gasteiger partial charge in [0.25, 0.3) is 5.91 Å². The maximum atomic E-state index is 12.2. The van der Waals surface area contributed by atoms with Gasteiger partial charge < -0.3 is 25.4 Å². The van der Waals surface area contributed by atoms with Crippen molar-refractivity contribution in [3.63, 3.8) is 0 Å². The Morgan fingerprint density at radius 2 is 1.88 bits per heavy atom. The third-order valence-electron chi connectivity index (χ3n) is 5.37. The fourth-order valence-electron chi connectivity index (χ4n) is 3.51. The molecular weight excluding hydrogens is 531 g/mol. The molecule has 0 radical (unpaired) electrons. The van der Waals surface area contributed by atoms with Gasteiger partial charge in [-0.3, -0.25) is 9.79 Å². The molecule has 2 aromatic rings. The van der Waals surface area contributed by atoms with Gasteiger partial charge in [0, 0.05) is 50.3 Å². The Morgan fingerprint density at radius 3 is 2.61 bits per heavy atom. The Balaban J connectivity index is 0.00000385. The zero-order valence-corrected chi connectivity index (χ0v) is 22.0. The highest BCUT2D eigenvalue weighted by atomic mass is 127. The topological polar surface area (TPSA) is 84.0 Å². The molecule has 8 heteroatoms. The number of amides is 1. The quantitative estimate of drug-likeness (QED) is 0.188. The largest absolute Gasteiger partial charge is 0.493 e. The minimum Gasteiger partial charge on any atom is -0.493 e. The van der Waals surface area contributed by atoms with Gasteiger partial charge >= 0.3 is 0 Å². The summed E-state index contributed by atoms with van der Waals surface area (Å²) in [5.41, 5.74) is 3.98. The molecule has 3 rings (SSSR count). The summed E-state index contributed by atoms with van der Waals surface area (Å²) in [6.07, 6.45) is 1.05. The second-order valence-corrected chi connectivity index (χ2v) is 8.13. The molecule has 1 unspecified atom stereocenters. The van der Waals surface area contributed by atoms with E-state index < -0.39 is 0 Å². The fraction of sp³-hybridized carbons (Fsp3) is 0.440. The van der Waals surface area contributed by atoms with Crippen molar-refractivity contribution in [3.8, 4) is 5.75 Å². The van der Waals surface area contributed by atoms with Gasteiger partial charge in [-0.25, -0.2) is 0 Å². The van der Waals surface area contributed by atoms with Crippen LogP contribution in [0.2, 0.25) is 0 Å². The average molecular weight is 566 g/mol. The number of rotatable bonds is 9. The Hall–Kier alpha value is -2.33. The van der Waals surface area contributed by atoms with Crippen LogP contribution in [-0.4, -0.2) is 51.8 Å². The molecule has 0 aromatic heterocycles. The van der Waals surface area contributed by atoms with E-state index in [1.807, 2.05) is 31.2 Å². The van der Waals surface area contributed by atoms with E-state index in [1.54, 1.807) is 7.05 Å². The van der Waals surface area contributed by atoms with Crippen LogP contribution in [0.5, 0.6) is 5.75 Å². The molecule has 0 saturated carbocycles. The van der Waals surface area contributed by atoms with Gasteiger partial charge in [-0.2, -0.15) is 0 Å². The number of aliphatic imine (C=N–C) groups is 1. The van der Waals surface area contributed by atoms with Crippen molar-refractivity contribution in [2.45, 2.75) is 26.8 Å². The zero-order valence-electron chi connectivity index (χ0n) is 19.6. The number of nitrogens with zero attached hydrogens (tertiary/aromatic N) is 1. The number of hydrogen-bond donors (Lipinski definition) is 3. The summed E-state index contributed by atoms with van der Waals surface area (Å²) in [6.45, 7) is 7.96. The molecule has 1 amide bonds. The minimum absolute atomic E-state index is 0. The molecule has 3 N–H and O–H groups in total. The zero-order chi connectivity index (χ0) is 22.8. The lowest BCUT2D eigenvalue weighted by Crippen LogP contribution is -2.41. The van der Waals surface area contributed by atoms with Gasteiger partial charge in [-0.05, 0) is 44.0 Å². The van der Waals surface area contributed by atoms with E-state index in [4.69, 9.17) is 9.47 Å². The standard InChI is InChI=1S/C25H34N4O3.HI/c1-18-5-4-6-21(13-18)24(30)27-10-11-28-25(26-3)29-15-22-8-7-19(2)14-23(22)32-17-20-9-12-31-16-20;/h4-8,13-14,20H,9-12,15-17H2,1-3H3,(H,27,30)(H2,26,28,29);1H. The van der Waals surface area contributed by atoms with Crippen molar-refractivity contribution in [1.82, 2.24) is 16.0 Å². The maximum absolute atomic E-state index is 12.2. The Labute approximate surface area is 213 Å². The Bertz CT molecular complexity index is 930. The van der Waals surface area contributed by atoms with Gasteiger partial charge in [-0.15, -0.1) is 24.0 Å². The van der Waals surface area contributed by atoms with Crippen LogP contribution in [0.4, 0.5) is 0 Å². The van der Waals surface area contributed by atoms with Crippen molar-refractivity contribution in [1.29, 1.82) is 0 Å². The predicted octanol–water partition coefficient (Wildman–Crippen LogP) is 3.43. The molecule has 1 aliphatic heterocycles. The second kappa shape index (κ2) is 14.0. The monoisotopic (exact) mass is 566 g/mol. The number of ether oxygens (including phenoxy) is 2. The van der Waals surface area contributed by atoms with Crippen molar-refractivity contribution < 1.29 is 14.3 Å². The number of nitrogens with one attached hydrogen (secondary N) is 3.